The third kappa shape index (κ3) is 7.57. The summed E-state index contributed by atoms with van der Waals surface area (Å²) < 4.78 is 5.13. The number of oxime groups is 1. The quantitative estimate of drug-likeness (QED) is 0.0662. The Labute approximate surface area is 304 Å². The zero-order valence-corrected chi connectivity index (χ0v) is 28.0. The average molecular weight is 691 g/mol. The summed E-state index contributed by atoms with van der Waals surface area (Å²) in [4.78, 5) is 80.0. The Bertz CT molecular complexity index is 1530. The molecule has 3 amide bonds. The Balaban J connectivity index is 0.000000308. The van der Waals surface area contributed by atoms with E-state index in [4.69, 9.17) is 20.7 Å². The Morgan fingerprint density at radius 1 is 1.31 bits per heavy atom. The number of aliphatic hydroxyl groups is 1. The monoisotopic (exact) mass is 690 g/mol. The first kappa shape index (κ1) is 36.2. The average Bonchev–Trinajstić information content (AvgIpc) is 3.53. The zero-order chi connectivity index (χ0) is 32.3. The molecule has 0 spiro atoms. The number of β-lactam (4-membered cyclic amide) rings is 2. The third-order valence-corrected chi connectivity index (χ3v) is 8.32. The number of amides is 3. The second-order valence-corrected chi connectivity index (χ2v) is 11.0. The van der Waals surface area contributed by atoms with E-state index in [0.29, 0.717) is 11.3 Å². The number of ether oxygens (including phenoxy) is 1. The van der Waals surface area contributed by atoms with E-state index in [0.717, 1.165) is 21.1 Å². The van der Waals surface area contributed by atoms with Crippen LogP contribution >= 0.6 is 23.1 Å². The van der Waals surface area contributed by atoms with Crippen molar-refractivity contribution in [1.82, 2.24) is 20.1 Å². The van der Waals surface area contributed by atoms with Gasteiger partial charge in [-0.3, -0.25) is 24.2 Å². The number of carbonyl (C=O) groups is 6. The van der Waals surface area contributed by atoms with Crippen LogP contribution in [0.4, 0.5) is 5.13 Å². The number of aromatic nitrogens is 1. The van der Waals surface area contributed by atoms with Gasteiger partial charge in [0.05, 0.1) is 19.0 Å². The van der Waals surface area contributed by atoms with Gasteiger partial charge in [-0.1, -0.05) is 17.8 Å². The fourth-order valence-corrected chi connectivity index (χ4v) is 6.30. The van der Waals surface area contributed by atoms with Crippen molar-refractivity contribution in [3.05, 3.63) is 46.8 Å². The van der Waals surface area contributed by atoms with Crippen LogP contribution < -0.4 is 67.5 Å². The normalized spacial score (nSPS) is 24.0. The van der Waals surface area contributed by atoms with Crippen molar-refractivity contribution in [2.75, 3.05) is 24.7 Å². The SMILES string of the molecule is C=CC1=C(C(=O)O)N2C(=O)[C@@H](NC(=O)/C(=N\OCC(=O)O)c3csc(N)n3)[C@H]2SC1.O=C([O-])[C@H]1/C(=C/CO)O[C@@H]2CC(=O)N21.[K+]. The van der Waals surface area contributed by atoms with E-state index in [2.05, 4.69) is 26.9 Å². The fourth-order valence-electron chi connectivity index (χ4n) is 4.41. The van der Waals surface area contributed by atoms with Crippen molar-refractivity contribution in [2.45, 2.75) is 30.1 Å². The van der Waals surface area contributed by atoms with E-state index in [9.17, 15) is 39.0 Å². The topological polar surface area (TPSA) is 274 Å². The van der Waals surface area contributed by atoms with Crippen LogP contribution in [-0.2, 0) is 38.3 Å². The van der Waals surface area contributed by atoms with E-state index in [-0.39, 0.29) is 98.3 Å². The first-order valence-corrected chi connectivity index (χ1v) is 14.3. The molecule has 6 N–H and O–H groups in total. The molecule has 0 bridgehead atoms. The van der Waals surface area contributed by atoms with Crippen LogP contribution in [0.25, 0.3) is 0 Å². The van der Waals surface area contributed by atoms with E-state index in [1.807, 2.05) is 0 Å². The number of aliphatic hydroxyl groups excluding tert-OH is 1. The molecule has 0 unspecified atom stereocenters. The van der Waals surface area contributed by atoms with Gasteiger partial charge < -0.3 is 45.8 Å². The molecule has 234 valence electrons. The molecular formula is C24H23KN6O12S2. The van der Waals surface area contributed by atoms with Gasteiger partial charge in [-0.05, 0) is 11.6 Å². The number of fused-ring (bicyclic) bond motifs is 2. The molecule has 3 fully saturated rings. The van der Waals surface area contributed by atoms with E-state index >= 15 is 0 Å². The molecule has 21 heteroatoms. The molecule has 0 aromatic carbocycles. The Morgan fingerprint density at radius 3 is 2.56 bits per heavy atom. The number of rotatable bonds is 10. The van der Waals surface area contributed by atoms with Gasteiger partial charge in [0.15, 0.2) is 17.1 Å². The molecule has 5 heterocycles. The number of carboxylic acids is 3. The molecule has 4 aliphatic rings. The largest absolute Gasteiger partial charge is 1.00 e. The number of allylic oxidation sites excluding steroid dienone is 1. The van der Waals surface area contributed by atoms with E-state index in [1.165, 1.54) is 29.3 Å². The minimum Gasteiger partial charge on any atom is -0.547 e. The first-order valence-electron chi connectivity index (χ1n) is 12.4. The van der Waals surface area contributed by atoms with Gasteiger partial charge in [-0.15, -0.1) is 23.1 Å². The Morgan fingerprint density at radius 2 is 2.02 bits per heavy atom. The zero-order valence-electron chi connectivity index (χ0n) is 23.3. The molecule has 0 aliphatic carbocycles. The van der Waals surface area contributed by atoms with Crippen LogP contribution in [0.5, 0.6) is 0 Å². The number of thioether (sulfide) groups is 1. The molecule has 4 atom stereocenters. The molecule has 4 aliphatic heterocycles. The molecular weight excluding hydrogens is 668 g/mol. The second kappa shape index (κ2) is 15.3. The maximum atomic E-state index is 12.7. The molecule has 3 saturated heterocycles. The summed E-state index contributed by atoms with van der Waals surface area (Å²) >= 11 is 2.30. The number of hydrogen-bond acceptors (Lipinski definition) is 15. The minimum absolute atomic E-state index is 0. The van der Waals surface area contributed by atoms with Gasteiger partial charge in [-0.2, -0.15) is 0 Å². The van der Waals surface area contributed by atoms with Crippen LogP contribution in [0, 0.1) is 0 Å². The number of carboxylic acid groups (broad SMARTS) is 3. The number of nitrogens with one attached hydrogen (secondary N) is 1. The number of nitrogens with zero attached hydrogens (tertiary/aromatic N) is 4. The predicted molar refractivity (Wildman–Crippen MR) is 147 cm³/mol. The number of nitrogens with two attached hydrogens (primary N) is 1. The summed E-state index contributed by atoms with van der Waals surface area (Å²) in [5, 5.41) is 44.4. The van der Waals surface area contributed by atoms with Crippen LogP contribution in [-0.4, -0.2) is 114 Å². The minimum atomic E-state index is -1.39. The van der Waals surface area contributed by atoms with Crippen molar-refractivity contribution in [1.29, 1.82) is 0 Å². The van der Waals surface area contributed by atoms with Crippen LogP contribution in [0.15, 0.2) is 46.3 Å². The van der Waals surface area contributed by atoms with Crippen molar-refractivity contribution < 1.29 is 110 Å². The summed E-state index contributed by atoms with van der Waals surface area (Å²) in [7, 11) is 0. The van der Waals surface area contributed by atoms with E-state index < -0.39 is 60.0 Å². The van der Waals surface area contributed by atoms with Gasteiger partial charge in [0.1, 0.15) is 34.6 Å². The number of thiazole rings is 1. The molecule has 5 rings (SSSR count). The van der Waals surface area contributed by atoms with Gasteiger partial charge >= 0.3 is 63.3 Å². The smallest absolute Gasteiger partial charge is 0.547 e. The van der Waals surface area contributed by atoms with E-state index in [1.54, 1.807) is 0 Å². The van der Waals surface area contributed by atoms with Crippen LogP contribution in [0.2, 0.25) is 0 Å². The molecule has 45 heavy (non-hydrogen) atoms. The number of hydrogen-bond donors (Lipinski definition) is 5. The van der Waals surface area contributed by atoms with Crippen LogP contribution in [0.1, 0.15) is 12.1 Å². The fraction of sp³-hybridized carbons (Fsp3) is 0.333. The summed E-state index contributed by atoms with van der Waals surface area (Å²) in [5.41, 5.74) is 5.48. The van der Waals surface area contributed by atoms with Gasteiger partial charge in [-0.25, -0.2) is 14.6 Å². The van der Waals surface area contributed by atoms with Crippen LogP contribution in [0.3, 0.4) is 0 Å². The number of aliphatic carboxylic acids is 3. The summed E-state index contributed by atoms with van der Waals surface area (Å²) in [5.74, 6) is -5.30. The van der Waals surface area contributed by atoms with Crippen molar-refractivity contribution in [2.24, 2.45) is 5.16 Å². The Kier molecular flexibility index (Phi) is 12.3. The predicted octanol–water partition coefficient (Wildman–Crippen LogP) is -5.97. The molecule has 0 saturated carbocycles. The summed E-state index contributed by atoms with van der Waals surface area (Å²) in [6.07, 6.45) is 2.30. The number of nitrogen functional groups attached to an aromatic ring is 1. The van der Waals surface area contributed by atoms with Crippen molar-refractivity contribution >= 4 is 69.6 Å². The third-order valence-electron chi connectivity index (χ3n) is 6.34. The maximum Gasteiger partial charge on any atom is 1.00 e. The van der Waals surface area contributed by atoms with Crippen molar-refractivity contribution in [3.63, 3.8) is 0 Å². The maximum absolute atomic E-state index is 12.7. The molecule has 1 aromatic heterocycles. The number of carbonyl (C=O) groups excluding carboxylic acids is 4. The van der Waals surface area contributed by atoms with Gasteiger partial charge in [0.2, 0.25) is 12.5 Å². The standard InChI is InChI=1S/C16H15N5O7S2.C8H9NO5.K/c1-2-6-4-29-14-10(13(25)21(14)11(6)15(26)27)19-12(24)9(20-28-3-8(22)23)7-5-30-16(17)18-7;10-2-1-4-7(8(12)13)9-5(11)3-6(9)14-4;/h2,5,10,14H,1,3-4H2,(H2,17,18)(H,19,24)(H,22,23)(H,26,27);1,6-7,10H,2-3H2,(H,12,13);/q;;+1/p-1/b20-9-;4-1-;/t10-,14-;6-,7-;/m11./s1. The first-order chi connectivity index (χ1) is 20.9. The van der Waals surface area contributed by atoms with Gasteiger partial charge in [0.25, 0.3) is 11.8 Å². The molecule has 18 nitrogen and oxygen atoms in total. The number of anilines is 1. The van der Waals surface area contributed by atoms with Gasteiger partial charge in [0, 0.05) is 11.1 Å². The Hall–Kier alpha value is -3.31. The molecule has 0 radical (unpaired) electrons. The van der Waals surface area contributed by atoms with Crippen molar-refractivity contribution in [3.8, 4) is 0 Å². The summed E-state index contributed by atoms with van der Waals surface area (Å²) in [6.45, 7) is 2.45. The second-order valence-electron chi connectivity index (χ2n) is 9.01. The molecule has 1 aromatic rings. The summed E-state index contributed by atoms with van der Waals surface area (Å²) in [6, 6.07) is -2.18.